The number of nitrogens with zero attached hydrogens (tertiary/aromatic N) is 2. The van der Waals surface area contributed by atoms with Crippen LogP contribution >= 0.6 is 0 Å². The number of hydrogen-bond donors (Lipinski definition) is 1. The second-order valence-corrected chi connectivity index (χ2v) is 4.35. The quantitative estimate of drug-likeness (QED) is 0.760. The molecule has 0 aliphatic heterocycles. The summed E-state index contributed by atoms with van der Waals surface area (Å²) in [4.78, 5) is 0. The lowest BCUT2D eigenvalue weighted by atomic mass is 10.0. The Labute approximate surface area is 106 Å². The summed E-state index contributed by atoms with van der Waals surface area (Å²) in [7, 11) is 0. The van der Waals surface area contributed by atoms with Gasteiger partial charge in [-0.05, 0) is 22.4 Å². The molecule has 18 heavy (non-hydrogen) atoms. The third-order valence-electron chi connectivity index (χ3n) is 3.12. The molecule has 0 aliphatic rings. The highest BCUT2D eigenvalue weighted by Gasteiger charge is 2.02. The van der Waals surface area contributed by atoms with Gasteiger partial charge in [0.1, 0.15) is 0 Å². The zero-order chi connectivity index (χ0) is 12.4. The van der Waals surface area contributed by atoms with Crippen LogP contribution in [0, 0.1) is 0 Å². The Morgan fingerprint density at radius 2 is 1.83 bits per heavy atom. The molecule has 2 aromatic carbocycles. The average Bonchev–Trinajstić information content (AvgIpc) is 2.87. The van der Waals surface area contributed by atoms with E-state index in [4.69, 9.17) is 5.73 Å². The smallest absolute Gasteiger partial charge is 0.0760 e. The van der Waals surface area contributed by atoms with Gasteiger partial charge in [-0.25, -0.2) is 0 Å². The molecule has 0 bridgehead atoms. The first-order valence-electron chi connectivity index (χ1n) is 6.06. The second-order valence-electron chi connectivity index (χ2n) is 4.35. The van der Waals surface area contributed by atoms with Gasteiger partial charge in [-0.1, -0.05) is 42.5 Å². The fourth-order valence-corrected chi connectivity index (χ4v) is 2.21. The largest absolute Gasteiger partial charge is 0.325 e. The minimum absolute atomic E-state index is 0.489. The van der Waals surface area contributed by atoms with Gasteiger partial charge < -0.3 is 5.73 Å². The fourth-order valence-electron chi connectivity index (χ4n) is 2.21. The van der Waals surface area contributed by atoms with Crippen LogP contribution in [0.5, 0.6) is 0 Å². The minimum Gasteiger partial charge on any atom is -0.325 e. The highest BCUT2D eigenvalue weighted by molar-refractivity contribution is 5.85. The van der Waals surface area contributed by atoms with Gasteiger partial charge in [0.2, 0.25) is 0 Å². The van der Waals surface area contributed by atoms with E-state index in [0.717, 1.165) is 12.2 Å². The van der Waals surface area contributed by atoms with Gasteiger partial charge >= 0.3 is 0 Å². The molecule has 3 aromatic rings. The second kappa shape index (κ2) is 4.63. The number of nitrogens with two attached hydrogens (primary N) is 1. The van der Waals surface area contributed by atoms with Gasteiger partial charge in [-0.2, -0.15) is 5.10 Å². The van der Waals surface area contributed by atoms with E-state index in [-0.39, 0.29) is 0 Å². The lowest BCUT2D eigenvalue weighted by Crippen LogP contribution is -2.03. The van der Waals surface area contributed by atoms with Crippen LogP contribution in [0.25, 0.3) is 10.8 Å². The predicted octanol–water partition coefficient (Wildman–Crippen LogP) is 2.54. The van der Waals surface area contributed by atoms with Crippen molar-refractivity contribution >= 4 is 10.8 Å². The molecule has 0 fully saturated rings. The van der Waals surface area contributed by atoms with Crippen molar-refractivity contribution in [2.24, 2.45) is 5.73 Å². The number of rotatable bonds is 3. The number of fused-ring (bicyclic) bond motifs is 1. The molecule has 3 nitrogen and oxygen atoms in total. The summed E-state index contributed by atoms with van der Waals surface area (Å²) in [5, 5.41) is 6.97. The average molecular weight is 237 g/mol. The Morgan fingerprint density at radius 1 is 1.00 bits per heavy atom. The number of aromatic nitrogens is 2. The summed E-state index contributed by atoms with van der Waals surface area (Å²) in [6, 6.07) is 16.7. The zero-order valence-corrected chi connectivity index (χ0v) is 10.1. The monoisotopic (exact) mass is 237 g/mol. The highest BCUT2D eigenvalue weighted by Crippen LogP contribution is 2.19. The van der Waals surface area contributed by atoms with Crippen molar-refractivity contribution in [3.8, 4) is 0 Å². The topological polar surface area (TPSA) is 43.8 Å². The number of hydrogen-bond acceptors (Lipinski definition) is 2. The van der Waals surface area contributed by atoms with Gasteiger partial charge in [0.25, 0.3) is 0 Å². The van der Waals surface area contributed by atoms with Crippen LogP contribution in [-0.4, -0.2) is 9.78 Å². The first-order chi connectivity index (χ1) is 8.86. The molecule has 0 spiro atoms. The summed E-state index contributed by atoms with van der Waals surface area (Å²) < 4.78 is 1.93. The highest BCUT2D eigenvalue weighted by atomic mass is 15.3. The molecule has 0 amide bonds. The molecule has 0 unspecified atom stereocenters. The maximum atomic E-state index is 5.57. The first-order valence-corrected chi connectivity index (χ1v) is 6.06. The molecular weight excluding hydrogens is 222 g/mol. The molecule has 0 aliphatic carbocycles. The van der Waals surface area contributed by atoms with Crippen LogP contribution in [0.2, 0.25) is 0 Å². The Balaban J connectivity index is 1.99. The molecule has 0 radical (unpaired) electrons. The molecule has 3 rings (SSSR count). The third kappa shape index (κ3) is 2.00. The SMILES string of the molecule is NCc1ccn(Cc2cccc3ccccc23)n1. The maximum absolute atomic E-state index is 5.57. The van der Waals surface area contributed by atoms with Gasteiger partial charge in [-0.3, -0.25) is 4.68 Å². The summed E-state index contributed by atoms with van der Waals surface area (Å²) >= 11 is 0. The van der Waals surface area contributed by atoms with Gasteiger partial charge in [0, 0.05) is 12.7 Å². The summed E-state index contributed by atoms with van der Waals surface area (Å²) in [6.07, 6.45) is 1.98. The molecule has 0 atom stereocenters. The van der Waals surface area contributed by atoms with Crippen LogP contribution in [0.1, 0.15) is 11.3 Å². The standard InChI is InChI=1S/C15H15N3/c16-10-14-8-9-18(17-14)11-13-6-3-5-12-4-1-2-7-15(12)13/h1-9H,10-11,16H2. The molecule has 2 N–H and O–H groups in total. The first kappa shape index (κ1) is 11.0. The van der Waals surface area contributed by atoms with E-state index in [1.165, 1.54) is 16.3 Å². The van der Waals surface area contributed by atoms with Crippen LogP contribution in [0.3, 0.4) is 0 Å². The molecule has 3 heteroatoms. The molecule has 0 saturated carbocycles. The summed E-state index contributed by atoms with van der Waals surface area (Å²) in [6.45, 7) is 1.27. The maximum Gasteiger partial charge on any atom is 0.0760 e. The van der Waals surface area contributed by atoms with Crippen molar-refractivity contribution in [2.45, 2.75) is 13.1 Å². The zero-order valence-electron chi connectivity index (χ0n) is 10.1. The summed E-state index contributed by atoms with van der Waals surface area (Å²) in [5.41, 5.74) is 7.77. The normalized spacial score (nSPS) is 10.9. The van der Waals surface area contributed by atoms with E-state index in [1.54, 1.807) is 0 Å². The fraction of sp³-hybridized carbons (Fsp3) is 0.133. The molecule has 1 aromatic heterocycles. The van der Waals surface area contributed by atoms with E-state index in [0.29, 0.717) is 6.54 Å². The minimum atomic E-state index is 0.489. The Hall–Kier alpha value is -2.13. The van der Waals surface area contributed by atoms with Crippen LogP contribution in [0.4, 0.5) is 0 Å². The van der Waals surface area contributed by atoms with Gasteiger partial charge in [0.05, 0.1) is 12.2 Å². The van der Waals surface area contributed by atoms with Crippen molar-refractivity contribution in [3.05, 3.63) is 66.0 Å². The predicted molar refractivity (Wildman–Crippen MR) is 73.2 cm³/mol. The molecule has 1 heterocycles. The van der Waals surface area contributed by atoms with Crippen molar-refractivity contribution in [1.29, 1.82) is 0 Å². The van der Waals surface area contributed by atoms with Gasteiger partial charge in [-0.15, -0.1) is 0 Å². The van der Waals surface area contributed by atoms with E-state index >= 15 is 0 Å². The third-order valence-corrected chi connectivity index (χ3v) is 3.12. The lowest BCUT2D eigenvalue weighted by molar-refractivity contribution is 0.675. The van der Waals surface area contributed by atoms with Crippen molar-refractivity contribution in [3.63, 3.8) is 0 Å². The van der Waals surface area contributed by atoms with E-state index in [2.05, 4.69) is 47.6 Å². The Morgan fingerprint density at radius 3 is 2.67 bits per heavy atom. The van der Waals surface area contributed by atoms with E-state index in [1.807, 2.05) is 16.9 Å². The van der Waals surface area contributed by atoms with E-state index in [9.17, 15) is 0 Å². The Kier molecular flexibility index (Phi) is 2.82. The van der Waals surface area contributed by atoms with Crippen LogP contribution in [0.15, 0.2) is 54.7 Å². The van der Waals surface area contributed by atoms with Crippen LogP contribution < -0.4 is 5.73 Å². The van der Waals surface area contributed by atoms with E-state index < -0.39 is 0 Å². The van der Waals surface area contributed by atoms with Crippen molar-refractivity contribution < 1.29 is 0 Å². The van der Waals surface area contributed by atoms with Crippen molar-refractivity contribution in [2.75, 3.05) is 0 Å². The molecule has 0 saturated heterocycles. The molecular formula is C15H15N3. The number of benzene rings is 2. The Bertz CT molecular complexity index is 665. The lowest BCUT2D eigenvalue weighted by Gasteiger charge is -2.06. The summed E-state index contributed by atoms with van der Waals surface area (Å²) in [5.74, 6) is 0. The van der Waals surface area contributed by atoms with Crippen molar-refractivity contribution in [1.82, 2.24) is 9.78 Å². The van der Waals surface area contributed by atoms with Crippen LogP contribution in [-0.2, 0) is 13.1 Å². The molecule has 90 valence electrons. The van der Waals surface area contributed by atoms with Gasteiger partial charge in [0.15, 0.2) is 0 Å².